The standard InChI is InChI=1S/C18H21AsN8O/c19-14-5-2-6-15(14)25-18-21-10-13(16(20)28)17(26-18)24-11-3-1-4-12(9-11)27-22-7-8-23-27/h1,3-4,7-10,14-15H,2,5-6,19H2,(H2,20,28)(H2,21,24,25,26)/t14-,15+/m0/s1. The topological polar surface area (TPSA) is 124 Å². The number of aromatic nitrogens is 5. The fourth-order valence-corrected chi connectivity index (χ4v) is 4.35. The summed E-state index contributed by atoms with van der Waals surface area (Å²) < 4.78 is 0.626. The van der Waals surface area contributed by atoms with Gasteiger partial charge in [-0.05, 0) is 0 Å². The van der Waals surface area contributed by atoms with Gasteiger partial charge in [0.2, 0.25) is 0 Å². The van der Waals surface area contributed by atoms with Crippen LogP contribution in [-0.2, 0) is 0 Å². The molecule has 0 aliphatic heterocycles. The molecule has 1 aliphatic rings. The molecule has 2 aromatic heterocycles. The Morgan fingerprint density at radius 3 is 2.79 bits per heavy atom. The molecule has 4 N–H and O–H groups in total. The van der Waals surface area contributed by atoms with Crippen LogP contribution in [0.2, 0.25) is 4.71 Å². The molecule has 1 aromatic carbocycles. The van der Waals surface area contributed by atoms with Gasteiger partial charge in [-0.3, -0.25) is 0 Å². The molecule has 3 aromatic rings. The van der Waals surface area contributed by atoms with Crippen molar-refractivity contribution < 1.29 is 4.79 Å². The van der Waals surface area contributed by atoms with Crippen LogP contribution in [0.4, 0.5) is 17.5 Å². The SMILES string of the molecule is NC(=O)c1cnc(N[C@@H]2CCC[C@@H]2[AsH2])nc1Nc1cccc(-n2nccn2)c1. The van der Waals surface area contributed by atoms with Crippen LogP contribution in [0, 0.1) is 0 Å². The first-order valence-electron chi connectivity index (χ1n) is 9.03. The van der Waals surface area contributed by atoms with E-state index in [2.05, 4.69) is 30.8 Å². The summed E-state index contributed by atoms with van der Waals surface area (Å²) in [6.45, 7) is 0. The molecule has 9 nitrogen and oxygen atoms in total. The van der Waals surface area contributed by atoms with Crippen molar-refractivity contribution in [1.82, 2.24) is 25.0 Å². The van der Waals surface area contributed by atoms with E-state index in [9.17, 15) is 4.79 Å². The van der Waals surface area contributed by atoms with Gasteiger partial charge in [0.1, 0.15) is 0 Å². The first-order valence-corrected chi connectivity index (χ1v) is 10.4. The third kappa shape index (κ3) is 3.99. The van der Waals surface area contributed by atoms with E-state index in [4.69, 9.17) is 5.73 Å². The van der Waals surface area contributed by atoms with Crippen LogP contribution in [0.15, 0.2) is 42.9 Å². The maximum atomic E-state index is 11.8. The van der Waals surface area contributed by atoms with Crippen molar-refractivity contribution in [3.8, 4) is 5.69 Å². The second-order valence-electron chi connectivity index (χ2n) is 6.66. The van der Waals surface area contributed by atoms with Gasteiger partial charge in [0.05, 0.1) is 12.4 Å². The third-order valence-corrected chi connectivity index (χ3v) is 6.37. The van der Waals surface area contributed by atoms with Gasteiger partial charge >= 0.3 is 158 Å². The first kappa shape index (κ1) is 18.4. The molecule has 1 amide bonds. The van der Waals surface area contributed by atoms with Crippen LogP contribution in [0.5, 0.6) is 0 Å². The predicted octanol–water partition coefficient (Wildman–Crippen LogP) is 1.29. The van der Waals surface area contributed by atoms with Gasteiger partial charge in [-0.2, -0.15) is 0 Å². The number of hydrogen-bond acceptors (Lipinski definition) is 7. The second-order valence-corrected chi connectivity index (χ2v) is 8.46. The van der Waals surface area contributed by atoms with Gasteiger partial charge in [-0.1, -0.05) is 0 Å². The van der Waals surface area contributed by atoms with Crippen molar-refractivity contribution in [3.05, 3.63) is 48.4 Å². The number of carbonyl (C=O) groups is 1. The maximum absolute atomic E-state index is 11.8. The molecular formula is C18H21AsN8O. The molecule has 2 heterocycles. The number of anilines is 3. The van der Waals surface area contributed by atoms with Crippen LogP contribution >= 0.6 is 0 Å². The molecule has 28 heavy (non-hydrogen) atoms. The van der Waals surface area contributed by atoms with Crippen molar-refractivity contribution in [1.29, 1.82) is 0 Å². The van der Waals surface area contributed by atoms with E-state index in [0.29, 0.717) is 22.5 Å². The molecule has 1 unspecified atom stereocenters. The number of benzene rings is 1. The number of hydrogen-bond donors (Lipinski definition) is 3. The number of nitrogens with one attached hydrogen (secondary N) is 2. The van der Waals surface area contributed by atoms with Crippen molar-refractivity contribution in [3.63, 3.8) is 0 Å². The van der Waals surface area contributed by atoms with E-state index >= 15 is 0 Å². The zero-order valence-electron chi connectivity index (χ0n) is 15.1. The Morgan fingerprint density at radius 2 is 2.07 bits per heavy atom. The summed E-state index contributed by atoms with van der Waals surface area (Å²) in [6.07, 6.45) is 8.21. The van der Waals surface area contributed by atoms with Gasteiger partial charge in [0.25, 0.3) is 0 Å². The second kappa shape index (κ2) is 7.98. The molecule has 144 valence electrons. The predicted molar refractivity (Wildman–Crippen MR) is 109 cm³/mol. The average molecular weight is 440 g/mol. The van der Waals surface area contributed by atoms with Crippen LogP contribution in [0.1, 0.15) is 29.6 Å². The van der Waals surface area contributed by atoms with Crippen molar-refractivity contribution in [2.45, 2.75) is 30.0 Å². The Morgan fingerprint density at radius 1 is 1.25 bits per heavy atom. The van der Waals surface area contributed by atoms with Gasteiger partial charge in [0, 0.05) is 0 Å². The zero-order valence-corrected chi connectivity index (χ0v) is 17.5. The van der Waals surface area contributed by atoms with Crippen LogP contribution in [-0.4, -0.2) is 53.8 Å². The van der Waals surface area contributed by atoms with Crippen LogP contribution in [0.3, 0.4) is 0 Å². The van der Waals surface area contributed by atoms with E-state index in [1.807, 2.05) is 24.3 Å². The first-order chi connectivity index (χ1) is 13.6. The number of rotatable bonds is 6. The van der Waals surface area contributed by atoms with Gasteiger partial charge < -0.3 is 0 Å². The number of carbonyl (C=O) groups excluding carboxylic acids is 1. The van der Waals surface area contributed by atoms with Crippen LogP contribution in [0.25, 0.3) is 5.69 Å². The van der Waals surface area contributed by atoms with E-state index in [-0.39, 0.29) is 5.56 Å². The van der Waals surface area contributed by atoms with Crippen LogP contribution < -0.4 is 16.4 Å². The van der Waals surface area contributed by atoms with E-state index in [1.165, 1.54) is 23.8 Å². The fourth-order valence-electron chi connectivity index (χ4n) is 3.25. The molecular weight excluding hydrogens is 419 g/mol. The van der Waals surface area contributed by atoms with Crippen molar-refractivity contribution in [2.75, 3.05) is 10.6 Å². The van der Waals surface area contributed by atoms with E-state index in [0.717, 1.165) is 17.8 Å². The quantitative estimate of drug-likeness (QED) is 0.494. The summed E-state index contributed by atoms with van der Waals surface area (Å²) in [4.78, 5) is 22.1. The van der Waals surface area contributed by atoms with Gasteiger partial charge in [0.15, 0.2) is 0 Å². The number of primary amides is 1. The molecule has 0 radical (unpaired) electrons. The van der Waals surface area contributed by atoms with E-state index < -0.39 is 5.91 Å². The summed E-state index contributed by atoms with van der Waals surface area (Å²) in [7, 11) is 0. The number of nitrogens with two attached hydrogens (primary N) is 1. The minimum atomic E-state index is -0.587. The Balaban J connectivity index is 1.61. The molecule has 1 saturated carbocycles. The molecule has 0 saturated heterocycles. The van der Waals surface area contributed by atoms with Crippen molar-refractivity contribution >= 4 is 40.2 Å². The third-order valence-electron chi connectivity index (χ3n) is 4.70. The monoisotopic (exact) mass is 440 g/mol. The molecule has 1 fully saturated rings. The summed E-state index contributed by atoms with van der Waals surface area (Å²) in [6, 6.07) is 7.85. The molecule has 0 bridgehead atoms. The molecule has 1 aliphatic carbocycles. The number of amides is 1. The summed E-state index contributed by atoms with van der Waals surface area (Å²) in [5.74, 6) is 0.273. The van der Waals surface area contributed by atoms with Gasteiger partial charge in [-0.25, -0.2) is 0 Å². The summed E-state index contributed by atoms with van der Waals surface area (Å²) >= 11 is 1.73. The van der Waals surface area contributed by atoms with Gasteiger partial charge in [-0.15, -0.1) is 0 Å². The Hall–Kier alpha value is -2.93. The normalized spacial score (nSPS) is 18.8. The Kier molecular flexibility index (Phi) is 5.25. The molecule has 10 heteroatoms. The summed E-state index contributed by atoms with van der Waals surface area (Å²) in [5.41, 5.74) is 7.26. The average Bonchev–Trinajstić information content (AvgIpc) is 3.35. The van der Waals surface area contributed by atoms with Crippen molar-refractivity contribution in [2.24, 2.45) is 5.73 Å². The molecule has 3 atom stereocenters. The zero-order chi connectivity index (χ0) is 19.5. The minimum absolute atomic E-state index is 0.233. The molecule has 4 rings (SSSR count). The Bertz CT molecular complexity index is 977. The fraction of sp³-hybridized carbons (Fsp3) is 0.278. The Labute approximate surface area is 170 Å². The van der Waals surface area contributed by atoms with E-state index in [1.54, 1.807) is 29.2 Å². The number of nitrogens with zero attached hydrogens (tertiary/aromatic N) is 5. The molecule has 0 spiro atoms. The summed E-state index contributed by atoms with van der Waals surface area (Å²) in [5, 5.41) is 14.8.